The van der Waals surface area contributed by atoms with Gasteiger partial charge in [-0.3, -0.25) is 0 Å². The van der Waals surface area contributed by atoms with E-state index in [1.54, 1.807) is 0 Å². The van der Waals surface area contributed by atoms with Gasteiger partial charge in [-0.15, -0.1) is 0 Å². The minimum Gasteiger partial charge on any atom is -0.459 e. The van der Waals surface area contributed by atoms with Crippen molar-refractivity contribution in [2.45, 2.75) is 52.6 Å². The molecule has 1 unspecified atom stereocenters. The molecule has 0 amide bonds. The number of para-hydroxylation sites is 1. The Labute approximate surface area is 109 Å². The molecule has 2 heteroatoms. The van der Waals surface area contributed by atoms with E-state index in [1.165, 1.54) is 10.9 Å². The number of hydrogen-bond acceptors (Lipinski definition) is 2. The molecule has 98 valence electrons. The molecule has 0 saturated heterocycles. The van der Waals surface area contributed by atoms with Crippen LogP contribution in [-0.2, 0) is 6.54 Å². The average Bonchev–Trinajstić information content (AvgIpc) is 2.77. The molecule has 2 nitrogen and oxygen atoms in total. The summed E-state index contributed by atoms with van der Waals surface area (Å²) >= 11 is 0. The lowest BCUT2D eigenvalue weighted by Crippen LogP contribution is -2.21. The molecule has 0 bridgehead atoms. The summed E-state index contributed by atoms with van der Waals surface area (Å²) in [6, 6.07) is 9.06. The molecule has 1 atom stereocenters. The average molecular weight is 245 g/mol. The zero-order valence-electron chi connectivity index (χ0n) is 11.8. The molecular weight excluding hydrogens is 222 g/mol. The highest BCUT2D eigenvalue weighted by atomic mass is 16.3. The Hall–Kier alpha value is -1.28. The second kappa shape index (κ2) is 5.57. The maximum atomic E-state index is 6.01. The Morgan fingerprint density at radius 1 is 1.22 bits per heavy atom. The van der Waals surface area contributed by atoms with Gasteiger partial charge in [-0.25, -0.2) is 0 Å². The van der Waals surface area contributed by atoms with Crippen molar-refractivity contribution in [1.29, 1.82) is 0 Å². The summed E-state index contributed by atoms with van der Waals surface area (Å²) in [6.07, 6.45) is 1.14. The fourth-order valence-corrected chi connectivity index (χ4v) is 2.14. The predicted molar refractivity (Wildman–Crippen MR) is 76.9 cm³/mol. The summed E-state index contributed by atoms with van der Waals surface area (Å²) < 4.78 is 6.01. The molecular formula is C16H23NO. The van der Waals surface area contributed by atoms with Crippen LogP contribution in [-0.4, -0.2) is 6.04 Å². The molecule has 2 rings (SSSR count). The molecule has 0 fully saturated rings. The van der Waals surface area contributed by atoms with E-state index < -0.39 is 0 Å². The van der Waals surface area contributed by atoms with Gasteiger partial charge < -0.3 is 9.73 Å². The van der Waals surface area contributed by atoms with Gasteiger partial charge in [0, 0.05) is 11.4 Å². The van der Waals surface area contributed by atoms with Gasteiger partial charge in [-0.1, -0.05) is 45.9 Å². The molecule has 0 aliphatic carbocycles. The first-order chi connectivity index (χ1) is 8.61. The first kappa shape index (κ1) is 13.2. The second-order valence-corrected chi connectivity index (χ2v) is 5.32. The van der Waals surface area contributed by atoms with Crippen LogP contribution in [0.5, 0.6) is 0 Å². The number of benzene rings is 1. The number of furan rings is 1. The fourth-order valence-electron chi connectivity index (χ4n) is 2.14. The van der Waals surface area contributed by atoms with Crippen molar-refractivity contribution in [3.05, 3.63) is 35.6 Å². The maximum Gasteiger partial charge on any atom is 0.137 e. The van der Waals surface area contributed by atoms with E-state index >= 15 is 0 Å². The van der Waals surface area contributed by atoms with Gasteiger partial charge >= 0.3 is 0 Å². The molecule has 0 radical (unpaired) electrons. The minimum absolute atomic E-state index is 0.479. The third-order valence-corrected chi connectivity index (χ3v) is 3.45. The van der Waals surface area contributed by atoms with Crippen molar-refractivity contribution in [1.82, 2.24) is 5.32 Å². The fraction of sp³-hybridized carbons (Fsp3) is 0.500. The maximum absolute atomic E-state index is 6.01. The van der Waals surface area contributed by atoms with Crippen LogP contribution in [0.2, 0.25) is 0 Å². The summed E-state index contributed by atoms with van der Waals surface area (Å²) in [5.41, 5.74) is 2.39. The highest BCUT2D eigenvalue weighted by Gasteiger charge is 2.12. The van der Waals surface area contributed by atoms with E-state index in [2.05, 4.69) is 57.3 Å². The molecule has 1 N–H and O–H groups in total. The molecule has 1 heterocycles. The predicted octanol–water partition coefficient (Wildman–Crippen LogP) is 4.44. The molecule has 1 aromatic heterocycles. The van der Waals surface area contributed by atoms with Gasteiger partial charge in [-0.2, -0.15) is 0 Å². The highest BCUT2D eigenvalue weighted by molar-refractivity contribution is 5.81. The molecule has 0 spiro atoms. The summed E-state index contributed by atoms with van der Waals surface area (Å²) in [5, 5.41) is 4.61. The molecule has 2 aromatic rings. The van der Waals surface area contributed by atoms with Crippen LogP contribution in [0.25, 0.3) is 11.0 Å². The lowest BCUT2D eigenvalue weighted by atomic mass is 9.97. The lowest BCUT2D eigenvalue weighted by molar-refractivity contribution is 0.485. The van der Waals surface area contributed by atoms with Crippen LogP contribution in [0.1, 0.15) is 51.4 Å². The van der Waals surface area contributed by atoms with Gasteiger partial charge in [0.05, 0.1) is 6.54 Å². The summed E-state index contributed by atoms with van der Waals surface area (Å²) in [4.78, 5) is 0. The monoisotopic (exact) mass is 245 g/mol. The van der Waals surface area contributed by atoms with E-state index in [9.17, 15) is 0 Å². The minimum atomic E-state index is 0.479. The van der Waals surface area contributed by atoms with Gasteiger partial charge in [-0.05, 0) is 24.0 Å². The summed E-state index contributed by atoms with van der Waals surface area (Å²) in [7, 11) is 0. The van der Waals surface area contributed by atoms with Crippen LogP contribution < -0.4 is 5.32 Å². The summed E-state index contributed by atoms with van der Waals surface area (Å²) in [6.45, 7) is 9.56. The Kier molecular flexibility index (Phi) is 4.07. The third kappa shape index (κ3) is 2.75. The van der Waals surface area contributed by atoms with Crippen LogP contribution in [0.4, 0.5) is 0 Å². The summed E-state index contributed by atoms with van der Waals surface area (Å²) in [5.74, 6) is 1.57. The van der Waals surface area contributed by atoms with E-state index in [-0.39, 0.29) is 0 Å². The number of hydrogen-bond donors (Lipinski definition) is 1. The first-order valence-corrected chi connectivity index (χ1v) is 6.86. The highest BCUT2D eigenvalue weighted by Crippen LogP contribution is 2.29. The topological polar surface area (TPSA) is 25.2 Å². The second-order valence-electron chi connectivity index (χ2n) is 5.32. The Morgan fingerprint density at radius 2 is 2.00 bits per heavy atom. The van der Waals surface area contributed by atoms with E-state index in [0.29, 0.717) is 12.0 Å². The van der Waals surface area contributed by atoms with E-state index in [0.717, 1.165) is 24.3 Å². The van der Waals surface area contributed by atoms with Crippen LogP contribution in [0, 0.1) is 0 Å². The zero-order valence-corrected chi connectivity index (χ0v) is 11.8. The molecule has 0 aliphatic rings. The molecule has 0 saturated carbocycles. The van der Waals surface area contributed by atoms with Crippen molar-refractivity contribution in [3.63, 3.8) is 0 Å². The molecule has 0 aliphatic heterocycles. The lowest BCUT2D eigenvalue weighted by Gasteiger charge is -2.09. The number of fused-ring (bicyclic) bond motifs is 1. The van der Waals surface area contributed by atoms with E-state index in [1.807, 2.05) is 0 Å². The zero-order chi connectivity index (χ0) is 13.1. The largest absolute Gasteiger partial charge is 0.459 e. The Bertz CT molecular complexity index is 513. The van der Waals surface area contributed by atoms with Gasteiger partial charge in [0.25, 0.3) is 0 Å². The first-order valence-electron chi connectivity index (χ1n) is 6.86. The van der Waals surface area contributed by atoms with Crippen LogP contribution >= 0.6 is 0 Å². The van der Waals surface area contributed by atoms with Gasteiger partial charge in [0.1, 0.15) is 11.3 Å². The van der Waals surface area contributed by atoms with Crippen molar-refractivity contribution < 1.29 is 4.42 Å². The SMILES string of the molecule is CCC(C)c1cccc2cc(CNC(C)C)oc12. The number of rotatable bonds is 5. The van der Waals surface area contributed by atoms with Crippen molar-refractivity contribution in [2.75, 3.05) is 0 Å². The van der Waals surface area contributed by atoms with Gasteiger partial charge in [0.2, 0.25) is 0 Å². The molecule has 1 aromatic carbocycles. The van der Waals surface area contributed by atoms with Crippen molar-refractivity contribution >= 4 is 11.0 Å². The third-order valence-electron chi connectivity index (χ3n) is 3.45. The van der Waals surface area contributed by atoms with E-state index in [4.69, 9.17) is 4.42 Å². The van der Waals surface area contributed by atoms with Crippen molar-refractivity contribution in [2.24, 2.45) is 0 Å². The Morgan fingerprint density at radius 3 is 2.67 bits per heavy atom. The van der Waals surface area contributed by atoms with Crippen molar-refractivity contribution in [3.8, 4) is 0 Å². The van der Waals surface area contributed by atoms with Crippen LogP contribution in [0.3, 0.4) is 0 Å². The molecule has 18 heavy (non-hydrogen) atoms. The Balaban J connectivity index is 2.32. The van der Waals surface area contributed by atoms with Gasteiger partial charge in [0.15, 0.2) is 0 Å². The number of nitrogens with one attached hydrogen (secondary N) is 1. The quantitative estimate of drug-likeness (QED) is 0.842. The normalized spacial score (nSPS) is 13.4. The standard InChI is InChI=1S/C16H23NO/c1-5-12(4)15-8-6-7-13-9-14(18-16(13)15)10-17-11(2)3/h6-9,11-12,17H,5,10H2,1-4H3. The van der Waals surface area contributed by atoms with Crippen LogP contribution in [0.15, 0.2) is 28.7 Å². The smallest absolute Gasteiger partial charge is 0.137 e.